The molecule has 0 saturated heterocycles. The predicted molar refractivity (Wildman–Crippen MR) is 77.9 cm³/mol. The quantitative estimate of drug-likeness (QED) is 0.577. The number of aryl methyl sites for hydroxylation is 1. The number of halogens is 1. The number of hydrogen-bond acceptors (Lipinski definition) is 2. The third-order valence-electron chi connectivity index (χ3n) is 2.99. The first-order chi connectivity index (χ1) is 7.65. The molecule has 0 fully saturated rings. The first-order valence-corrected chi connectivity index (χ1v) is 8.81. The Kier molecular flexibility index (Phi) is 5.95. The normalized spacial score (nSPS) is 11.8. The van der Waals surface area contributed by atoms with Crippen LogP contribution in [0, 0.1) is 3.57 Å². The molecule has 0 saturated carbocycles. The molecule has 0 heterocycles. The van der Waals surface area contributed by atoms with Crippen molar-refractivity contribution < 1.29 is 8.85 Å². The standard InChI is InChI=1S/C12H19IO2Si/c1-4-16(14-2,15-3)10-9-11-5-7-12(13)8-6-11/h5-8H,4,9-10H2,1-3H3. The minimum absolute atomic E-state index is 1.00. The second-order valence-corrected chi connectivity index (χ2v) is 8.89. The zero-order chi connectivity index (χ0) is 12.0. The molecule has 4 heteroatoms. The highest BCUT2D eigenvalue weighted by molar-refractivity contribution is 14.1. The van der Waals surface area contributed by atoms with E-state index in [4.69, 9.17) is 8.85 Å². The maximum atomic E-state index is 5.60. The van der Waals surface area contributed by atoms with Crippen molar-refractivity contribution in [1.82, 2.24) is 0 Å². The van der Waals surface area contributed by atoms with Crippen LogP contribution in [0.4, 0.5) is 0 Å². The molecule has 2 nitrogen and oxygen atoms in total. The summed E-state index contributed by atoms with van der Waals surface area (Å²) in [6, 6.07) is 10.7. The second kappa shape index (κ2) is 6.73. The van der Waals surface area contributed by atoms with E-state index in [1.807, 2.05) is 0 Å². The van der Waals surface area contributed by atoms with Gasteiger partial charge in [0.15, 0.2) is 0 Å². The lowest BCUT2D eigenvalue weighted by atomic mass is 10.2. The van der Waals surface area contributed by atoms with Crippen molar-refractivity contribution in [3.8, 4) is 0 Å². The van der Waals surface area contributed by atoms with Gasteiger partial charge in [-0.1, -0.05) is 19.1 Å². The number of rotatable bonds is 6. The van der Waals surface area contributed by atoms with Crippen molar-refractivity contribution in [2.75, 3.05) is 14.2 Å². The molecule has 0 atom stereocenters. The first-order valence-electron chi connectivity index (χ1n) is 5.50. The fraction of sp³-hybridized carbons (Fsp3) is 0.500. The molecule has 0 spiro atoms. The summed E-state index contributed by atoms with van der Waals surface area (Å²) >= 11 is 2.32. The smallest absolute Gasteiger partial charge is 0.337 e. The average molecular weight is 350 g/mol. The summed E-state index contributed by atoms with van der Waals surface area (Å²) in [4.78, 5) is 0. The van der Waals surface area contributed by atoms with E-state index < -0.39 is 8.56 Å². The van der Waals surface area contributed by atoms with Crippen molar-refractivity contribution in [2.45, 2.75) is 25.4 Å². The van der Waals surface area contributed by atoms with Crippen LogP contribution in [0.1, 0.15) is 12.5 Å². The molecular formula is C12H19IO2Si. The summed E-state index contributed by atoms with van der Waals surface area (Å²) in [5.41, 5.74) is 1.36. The van der Waals surface area contributed by atoms with E-state index in [1.54, 1.807) is 14.2 Å². The van der Waals surface area contributed by atoms with Gasteiger partial charge in [0.25, 0.3) is 0 Å². The fourth-order valence-corrected chi connectivity index (χ4v) is 4.27. The molecule has 0 aliphatic rings. The molecule has 0 aromatic heterocycles. The summed E-state index contributed by atoms with van der Waals surface area (Å²) in [6.07, 6.45) is 1.04. The summed E-state index contributed by atoms with van der Waals surface area (Å²) in [5, 5.41) is 0. The van der Waals surface area contributed by atoms with Crippen LogP contribution in [0.2, 0.25) is 12.1 Å². The van der Waals surface area contributed by atoms with Crippen LogP contribution < -0.4 is 0 Å². The maximum Gasteiger partial charge on any atom is 0.337 e. The van der Waals surface area contributed by atoms with Crippen molar-refractivity contribution in [3.63, 3.8) is 0 Å². The molecular weight excluding hydrogens is 331 g/mol. The molecule has 0 radical (unpaired) electrons. The minimum Gasteiger partial charge on any atom is -0.398 e. The second-order valence-electron chi connectivity index (χ2n) is 3.80. The highest BCUT2D eigenvalue weighted by atomic mass is 127. The largest absolute Gasteiger partial charge is 0.398 e. The first kappa shape index (κ1) is 14.1. The fourth-order valence-electron chi connectivity index (χ4n) is 1.74. The molecule has 0 unspecified atom stereocenters. The van der Waals surface area contributed by atoms with Gasteiger partial charge in [-0.25, -0.2) is 0 Å². The van der Waals surface area contributed by atoms with Crippen LogP contribution in [0.5, 0.6) is 0 Å². The monoisotopic (exact) mass is 350 g/mol. The third-order valence-corrected chi connectivity index (χ3v) is 7.29. The van der Waals surface area contributed by atoms with Gasteiger partial charge in [-0.05, 0) is 58.8 Å². The highest BCUT2D eigenvalue weighted by Gasteiger charge is 2.32. The van der Waals surface area contributed by atoms with Crippen molar-refractivity contribution in [3.05, 3.63) is 33.4 Å². The zero-order valence-corrected chi connectivity index (χ0v) is 13.3. The van der Waals surface area contributed by atoms with Gasteiger partial charge >= 0.3 is 8.56 Å². The van der Waals surface area contributed by atoms with E-state index in [0.717, 1.165) is 18.5 Å². The van der Waals surface area contributed by atoms with Gasteiger partial charge in [-0.15, -0.1) is 0 Å². The van der Waals surface area contributed by atoms with Gasteiger partial charge in [0.1, 0.15) is 0 Å². The van der Waals surface area contributed by atoms with E-state index >= 15 is 0 Å². The molecule has 0 amide bonds. The Labute approximate surface area is 113 Å². The molecule has 0 N–H and O–H groups in total. The molecule has 90 valence electrons. The van der Waals surface area contributed by atoms with Gasteiger partial charge < -0.3 is 8.85 Å². The summed E-state index contributed by atoms with van der Waals surface area (Å²) < 4.78 is 12.5. The minimum atomic E-state index is -1.92. The average Bonchev–Trinajstić information content (AvgIpc) is 2.34. The van der Waals surface area contributed by atoms with Crippen LogP contribution in [-0.4, -0.2) is 22.8 Å². The van der Waals surface area contributed by atoms with Gasteiger partial charge in [-0.3, -0.25) is 0 Å². The maximum absolute atomic E-state index is 5.60. The molecule has 1 aromatic rings. The summed E-state index contributed by atoms with van der Waals surface area (Å²) in [7, 11) is 1.63. The Morgan fingerprint density at radius 1 is 1.12 bits per heavy atom. The summed E-state index contributed by atoms with van der Waals surface area (Å²) in [6.45, 7) is 2.15. The number of hydrogen-bond donors (Lipinski definition) is 0. The zero-order valence-electron chi connectivity index (χ0n) is 10.1. The Bertz CT molecular complexity index is 301. The molecule has 1 rings (SSSR count). The lowest BCUT2D eigenvalue weighted by molar-refractivity contribution is 0.243. The van der Waals surface area contributed by atoms with Crippen LogP contribution in [0.3, 0.4) is 0 Å². The predicted octanol–water partition coefficient (Wildman–Crippen LogP) is 3.59. The van der Waals surface area contributed by atoms with Crippen LogP contribution in [0.25, 0.3) is 0 Å². The SMILES string of the molecule is CC[Si](CCc1ccc(I)cc1)(OC)OC. The van der Waals surface area contributed by atoms with E-state index in [0.29, 0.717) is 0 Å². The van der Waals surface area contributed by atoms with Gasteiger partial charge in [0.05, 0.1) is 0 Å². The number of benzene rings is 1. The topological polar surface area (TPSA) is 18.5 Å². The third kappa shape index (κ3) is 3.83. The van der Waals surface area contributed by atoms with Crippen LogP contribution in [0.15, 0.2) is 24.3 Å². The van der Waals surface area contributed by atoms with E-state index in [1.165, 1.54) is 9.13 Å². The highest BCUT2D eigenvalue weighted by Crippen LogP contribution is 2.20. The van der Waals surface area contributed by atoms with Crippen molar-refractivity contribution in [2.24, 2.45) is 0 Å². The molecule has 0 aliphatic heterocycles. The van der Waals surface area contributed by atoms with Crippen LogP contribution in [-0.2, 0) is 15.3 Å². The van der Waals surface area contributed by atoms with Gasteiger partial charge in [-0.2, -0.15) is 0 Å². The molecule has 1 aromatic carbocycles. The lowest BCUT2D eigenvalue weighted by Gasteiger charge is -2.25. The Morgan fingerprint density at radius 2 is 1.69 bits per heavy atom. The lowest BCUT2D eigenvalue weighted by Crippen LogP contribution is -2.39. The molecule has 0 aliphatic carbocycles. The molecule has 16 heavy (non-hydrogen) atoms. The van der Waals surface area contributed by atoms with Gasteiger partial charge in [0, 0.05) is 17.8 Å². The van der Waals surface area contributed by atoms with E-state index in [9.17, 15) is 0 Å². The van der Waals surface area contributed by atoms with E-state index in [2.05, 4.69) is 53.8 Å². The van der Waals surface area contributed by atoms with Gasteiger partial charge in [0.2, 0.25) is 0 Å². The summed E-state index contributed by atoms with van der Waals surface area (Å²) in [5.74, 6) is 0. The molecule has 0 bridgehead atoms. The Balaban J connectivity index is 2.58. The Morgan fingerprint density at radius 3 is 2.12 bits per heavy atom. The Hall–Kier alpha value is 0.0869. The van der Waals surface area contributed by atoms with Crippen LogP contribution >= 0.6 is 22.6 Å². The van der Waals surface area contributed by atoms with Crippen molar-refractivity contribution in [1.29, 1.82) is 0 Å². The van der Waals surface area contributed by atoms with Crippen molar-refractivity contribution >= 4 is 31.2 Å². The van der Waals surface area contributed by atoms with E-state index in [-0.39, 0.29) is 0 Å².